The molecule has 0 saturated heterocycles. The SMILES string of the molecule is COc1ccccc1CC(=O)Nc1cc(C(C)(C)C)nn1Cc1ccccc1. The first-order valence-electron chi connectivity index (χ1n) is 9.41. The van der Waals surface area contributed by atoms with Gasteiger partial charge in [-0.3, -0.25) is 4.79 Å². The molecule has 1 aromatic heterocycles. The lowest BCUT2D eigenvalue weighted by Crippen LogP contribution is -2.18. The molecule has 5 nitrogen and oxygen atoms in total. The van der Waals surface area contributed by atoms with E-state index < -0.39 is 0 Å². The van der Waals surface area contributed by atoms with Crippen LogP contribution in [0, 0.1) is 0 Å². The second-order valence-electron chi connectivity index (χ2n) is 7.84. The number of carbonyl (C=O) groups excluding carboxylic acids is 1. The van der Waals surface area contributed by atoms with Crippen LogP contribution in [0.5, 0.6) is 5.75 Å². The Bertz CT molecular complexity index is 940. The Labute approximate surface area is 166 Å². The molecule has 0 aliphatic carbocycles. The first-order valence-corrected chi connectivity index (χ1v) is 9.41. The van der Waals surface area contributed by atoms with Gasteiger partial charge in [0.05, 0.1) is 25.8 Å². The summed E-state index contributed by atoms with van der Waals surface area (Å²) in [6.45, 7) is 6.94. The molecule has 3 aromatic rings. The largest absolute Gasteiger partial charge is 0.496 e. The molecule has 28 heavy (non-hydrogen) atoms. The molecule has 0 bridgehead atoms. The van der Waals surface area contributed by atoms with E-state index in [0.717, 1.165) is 16.8 Å². The van der Waals surface area contributed by atoms with Gasteiger partial charge in [0.1, 0.15) is 11.6 Å². The predicted octanol–water partition coefficient (Wildman–Crippen LogP) is 4.42. The van der Waals surface area contributed by atoms with Crippen LogP contribution in [0.3, 0.4) is 0 Å². The number of hydrogen-bond acceptors (Lipinski definition) is 3. The number of benzene rings is 2. The molecule has 0 aliphatic rings. The summed E-state index contributed by atoms with van der Waals surface area (Å²) < 4.78 is 7.21. The number of ether oxygens (including phenoxy) is 1. The van der Waals surface area contributed by atoms with Crippen molar-refractivity contribution in [1.82, 2.24) is 9.78 Å². The van der Waals surface area contributed by atoms with Crippen LogP contribution in [0.25, 0.3) is 0 Å². The number of nitrogens with zero attached hydrogens (tertiary/aromatic N) is 2. The van der Waals surface area contributed by atoms with Gasteiger partial charge < -0.3 is 10.1 Å². The monoisotopic (exact) mass is 377 g/mol. The predicted molar refractivity (Wildman–Crippen MR) is 112 cm³/mol. The fourth-order valence-corrected chi connectivity index (χ4v) is 2.97. The van der Waals surface area contributed by atoms with Crippen LogP contribution in [-0.2, 0) is 23.2 Å². The minimum absolute atomic E-state index is 0.0980. The number of nitrogens with one attached hydrogen (secondary N) is 1. The molecule has 0 radical (unpaired) electrons. The Morgan fingerprint density at radius 3 is 2.43 bits per heavy atom. The highest BCUT2D eigenvalue weighted by atomic mass is 16.5. The number of rotatable bonds is 6. The number of aromatic nitrogens is 2. The Hall–Kier alpha value is -3.08. The highest BCUT2D eigenvalue weighted by molar-refractivity contribution is 5.92. The third kappa shape index (κ3) is 4.80. The van der Waals surface area contributed by atoms with Crippen LogP contribution in [0.15, 0.2) is 60.7 Å². The molecular formula is C23H27N3O2. The Balaban J connectivity index is 1.83. The second-order valence-corrected chi connectivity index (χ2v) is 7.84. The zero-order valence-electron chi connectivity index (χ0n) is 16.9. The number of amides is 1. The summed E-state index contributed by atoms with van der Waals surface area (Å²) in [7, 11) is 1.61. The van der Waals surface area contributed by atoms with Crippen LogP contribution >= 0.6 is 0 Å². The van der Waals surface area contributed by atoms with Crippen molar-refractivity contribution in [1.29, 1.82) is 0 Å². The summed E-state index contributed by atoms with van der Waals surface area (Å²) in [5, 5.41) is 7.78. The Morgan fingerprint density at radius 1 is 1.07 bits per heavy atom. The number of anilines is 1. The van der Waals surface area contributed by atoms with Crippen molar-refractivity contribution in [2.45, 2.75) is 39.2 Å². The zero-order chi connectivity index (χ0) is 20.1. The van der Waals surface area contributed by atoms with Crippen LogP contribution < -0.4 is 10.1 Å². The smallest absolute Gasteiger partial charge is 0.230 e. The van der Waals surface area contributed by atoms with Crippen LogP contribution in [0.2, 0.25) is 0 Å². The molecule has 1 heterocycles. The van der Waals surface area contributed by atoms with Gasteiger partial charge in [0.2, 0.25) is 5.91 Å². The summed E-state index contributed by atoms with van der Waals surface area (Å²) in [5.41, 5.74) is 2.82. The van der Waals surface area contributed by atoms with Crippen molar-refractivity contribution in [3.05, 3.63) is 77.5 Å². The van der Waals surface area contributed by atoms with Gasteiger partial charge >= 0.3 is 0 Å². The van der Waals surface area contributed by atoms with Crippen LogP contribution in [0.4, 0.5) is 5.82 Å². The number of methoxy groups -OCH3 is 1. The van der Waals surface area contributed by atoms with Crippen molar-refractivity contribution < 1.29 is 9.53 Å². The van der Waals surface area contributed by atoms with E-state index in [1.807, 2.05) is 53.2 Å². The minimum atomic E-state index is -0.107. The van der Waals surface area contributed by atoms with E-state index in [9.17, 15) is 4.79 Å². The summed E-state index contributed by atoms with van der Waals surface area (Å²) in [4.78, 5) is 12.7. The van der Waals surface area contributed by atoms with Gasteiger partial charge in [0.25, 0.3) is 0 Å². The summed E-state index contributed by atoms with van der Waals surface area (Å²) in [6.07, 6.45) is 0.241. The third-order valence-corrected chi connectivity index (χ3v) is 4.53. The molecule has 2 aromatic carbocycles. The lowest BCUT2D eigenvalue weighted by molar-refractivity contribution is -0.115. The van der Waals surface area contributed by atoms with Gasteiger partial charge in [-0.1, -0.05) is 69.3 Å². The topological polar surface area (TPSA) is 56.1 Å². The fraction of sp³-hybridized carbons (Fsp3) is 0.304. The molecule has 0 atom stereocenters. The standard InChI is InChI=1S/C23H27N3O2/c1-23(2,3)20-15-21(26(25-20)16-17-10-6-5-7-11-17)24-22(27)14-18-12-8-9-13-19(18)28-4/h5-13,15H,14,16H2,1-4H3,(H,24,27). The second kappa shape index (κ2) is 8.30. The van der Waals surface area contributed by atoms with Gasteiger partial charge in [-0.05, 0) is 11.6 Å². The normalized spacial score (nSPS) is 11.3. The summed E-state index contributed by atoms with van der Waals surface area (Å²) >= 11 is 0. The van der Waals surface area contributed by atoms with Crippen molar-refractivity contribution in [3.8, 4) is 5.75 Å². The molecule has 0 spiro atoms. The van der Waals surface area contributed by atoms with Crippen LogP contribution in [0.1, 0.15) is 37.6 Å². The van der Waals surface area contributed by atoms with Gasteiger partial charge in [0, 0.05) is 17.0 Å². The maximum absolute atomic E-state index is 12.7. The minimum Gasteiger partial charge on any atom is -0.496 e. The highest BCUT2D eigenvalue weighted by Gasteiger charge is 2.21. The average Bonchev–Trinajstić information content (AvgIpc) is 3.05. The van der Waals surface area contributed by atoms with Gasteiger partial charge in [-0.15, -0.1) is 0 Å². The number of carbonyl (C=O) groups is 1. The Morgan fingerprint density at radius 2 is 1.75 bits per heavy atom. The van der Waals surface area contributed by atoms with Crippen molar-refractivity contribution in [3.63, 3.8) is 0 Å². The zero-order valence-corrected chi connectivity index (χ0v) is 16.9. The molecular weight excluding hydrogens is 350 g/mol. The van der Waals surface area contributed by atoms with Crippen LogP contribution in [-0.4, -0.2) is 22.8 Å². The molecule has 146 valence electrons. The quantitative estimate of drug-likeness (QED) is 0.692. The molecule has 0 aliphatic heterocycles. The molecule has 0 fully saturated rings. The van der Waals surface area contributed by atoms with Crippen molar-refractivity contribution >= 4 is 11.7 Å². The third-order valence-electron chi connectivity index (χ3n) is 4.53. The fourth-order valence-electron chi connectivity index (χ4n) is 2.97. The van der Waals surface area contributed by atoms with E-state index in [-0.39, 0.29) is 17.7 Å². The molecule has 0 unspecified atom stereocenters. The summed E-state index contributed by atoms with van der Waals surface area (Å²) in [6, 6.07) is 19.6. The molecule has 1 N–H and O–H groups in total. The average molecular weight is 377 g/mol. The molecule has 5 heteroatoms. The van der Waals surface area contributed by atoms with Gasteiger partial charge in [-0.25, -0.2) is 4.68 Å². The lowest BCUT2D eigenvalue weighted by Gasteiger charge is -2.14. The van der Waals surface area contributed by atoms with Crippen molar-refractivity contribution in [2.24, 2.45) is 0 Å². The first kappa shape index (κ1) is 19.7. The van der Waals surface area contributed by atoms with Gasteiger partial charge in [-0.2, -0.15) is 5.10 Å². The molecule has 0 saturated carbocycles. The highest BCUT2D eigenvalue weighted by Crippen LogP contribution is 2.25. The maximum Gasteiger partial charge on any atom is 0.230 e. The van der Waals surface area contributed by atoms with E-state index >= 15 is 0 Å². The maximum atomic E-state index is 12.7. The van der Waals surface area contributed by atoms with E-state index in [4.69, 9.17) is 9.84 Å². The number of hydrogen-bond donors (Lipinski definition) is 1. The van der Waals surface area contributed by atoms with E-state index in [1.54, 1.807) is 7.11 Å². The molecule has 3 rings (SSSR count). The van der Waals surface area contributed by atoms with Crippen molar-refractivity contribution in [2.75, 3.05) is 12.4 Å². The lowest BCUT2D eigenvalue weighted by atomic mass is 9.92. The summed E-state index contributed by atoms with van der Waals surface area (Å²) in [5.74, 6) is 1.32. The molecule has 1 amide bonds. The van der Waals surface area contributed by atoms with Gasteiger partial charge in [0.15, 0.2) is 0 Å². The first-order chi connectivity index (χ1) is 13.4. The van der Waals surface area contributed by atoms with E-state index in [0.29, 0.717) is 18.1 Å². The van der Waals surface area contributed by atoms with E-state index in [1.165, 1.54) is 0 Å². The number of para-hydroxylation sites is 1. The van der Waals surface area contributed by atoms with E-state index in [2.05, 4.69) is 38.2 Å². The Kier molecular flexibility index (Phi) is 5.83.